The van der Waals surface area contributed by atoms with E-state index >= 15 is 0 Å². The highest BCUT2D eigenvalue weighted by molar-refractivity contribution is 7.90. The molecule has 0 atom stereocenters. The van der Waals surface area contributed by atoms with Gasteiger partial charge < -0.3 is 0 Å². The lowest BCUT2D eigenvalue weighted by atomic mass is 10.2. The van der Waals surface area contributed by atoms with Gasteiger partial charge in [-0.2, -0.15) is 0 Å². The molecule has 6 heteroatoms. The lowest BCUT2D eigenvalue weighted by Gasteiger charge is -2.05. The predicted octanol–water partition coefficient (Wildman–Crippen LogP) is 2.65. The molecule has 4 nitrogen and oxygen atoms in total. The van der Waals surface area contributed by atoms with E-state index in [1.54, 1.807) is 18.2 Å². The molecule has 0 spiro atoms. The second-order valence-electron chi connectivity index (χ2n) is 4.64. The Hall–Kier alpha value is -2.47. The van der Waals surface area contributed by atoms with E-state index in [9.17, 15) is 17.6 Å². The molecule has 1 amide bonds. The number of hydrogen-bond donors (Lipinski definition) is 1. The van der Waals surface area contributed by atoms with Crippen molar-refractivity contribution in [2.24, 2.45) is 0 Å². The lowest BCUT2D eigenvalue weighted by molar-refractivity contribution is -0.114. The Balaban J connectivity index is 2.11. The summed E-state index contributed by atoms with van der Waals surface area (Å²) in [4.78, 5) is 11.7. The van der Waals surface area contributed by atoms with Crippen LogP contribution in [0.25, 0.3) is 6.08 Å². The van der Waals surface area contributed by atoms with Gasteiger partial charge in [-0.15, -0.1) is 0 Å². The van der Waals surface area contributed by atoms with Crippen LogP contribution in [-0.4, -0.2) is 14.3 Å². The summed E-state index contributed by atoms with van der Waals surface area (Å²) in [6.45, 7) is 1.83. The minimum atomic E-state index is -3.94. The first-order chi connectivity index (χ1) is 10.4. The second-order valence-corrected chi connectivity index (χ2v) is 6.32. The Bertz CT molecular complexity index is 812. The predicted molar refractivity (Wildman–Crippen MR) is 81.9 cm³/mol. The highest BCUT2D eigenvalue weighted by Gasteiger charge is 2.15. The Morgan fingerprint density at radius 3 is 2.36 bits per heavy atom. The maximum atomic E-state index is 13.4. The van der Waals surface area contributed by atoms with Crippen LogP contribution in [0.3, 0.4) is 0 Å². The maximum absolute atomic E-state index is 13.4. The second kappa shape index (κ2) is 6.53. The molecule has 0 aliphatic rings. The number of rotatable bonds is 4. The van der Waals surface area contributed by atoms with Crippen LogP contribution < -0.4 is 4.72 Å². The fraction of sp³-hybridized carbons (Fsp3) is 0.0625. The Labute approximate surface area is 128 Å². The van der Waals surface area contributed by atoms with E-state index in [0.717, 1.165) is 11.6 Å². The van der Waals surface area contributed by atoms with Gasteiger partial charge in [-0.3, -0.25) is 4.79 Å². The third kappa shape index (κ3) is 4.02. The Morgan fingerprint density at radius 2 is 1.73 bits per heavy atom. The van der Waals surface area contributed by atoms with Gasteiger partial charge in [0.15, 0.2) is 0 Å². The largest absolute Gasteiger partial charge is 0.269 e. The molecular formula is C16H14FNO3S. The Kier molecular flexibility index (Phi) is 4.72. The summed E-state index contributed by atoms with van der Waals surface area (Å²) in [5, 5.41) is 0. The molecule has 1 N–H and O–H groups in total. The van der Waals surface area contributed by atoms with Crippen LogP contribution in [0.1, 0.15) is 11.1 Å². The average Bonchev–Trinajstić information content (AvgIpc) is 2.46. The van der Waals surface area contributed by atoms with Crippen molar-refractivity contribution in [2.75, 3.05) is 0 Å². The highest BCUT2D eigenvalue weighted by Crippen LogP contribution is 2.11. The van der Waals surface area contributed by atoms with Crippen molar-refractivity contribution in [3.8, 4) is 0 Å². The molecule has 0 saturated heterocycles. The molecule has 22 heavy (non-hydrogen) atoms. The van der Waals surface area contributed by atoms with Gasteiger partial charge >= 0.3 is 0 Å². The number of sulfonamides is 1. The van der Waals surface area contributed by atoms with Crippen LogP contribution in [0.15, 0.2) is 59.5 Å². The standard InChI is InChI=1S/C16H14FNO3S/c1-12-6-9-14(10-7-12)22(20,21)18-16(19)11-8-13-4-2-3-5-15(13)17/h2-11H,1H3,(H,18,19)/b11-8+. The van der Waals surface area contributed by atoms with Crippen molar-refractivity contribution in [3.63, 3.8) is 0 Å². The summed E-state index contributed by atoms with van der Waals surface area (Å²) < 4.78 is 39.3. The third-order valence-corrected chi connectivity index (χ3v) is 4.25. The Morgan fingerprint density at radius 1 is 1.09 bits per heavy atom. The summed E-state index contributed by atoms with van der Waals surface area (Å²) in [7, 11) is -3.94. The first kappa shape index (κ1) is 15.9. The zero-order valence-corrected chi connectivity index (χ0v) is 12.6. The number of amides is 1. The molecule has 0 radical (unpaired) electrons. The minimum absolute atomic E-state index is 0.00857. The van der Waals surface area contributed by atoms with Gasteiger partial charge in [0.2, 0.25) is 0 Å². The molecule has 0 heterocycles. The zero-order chi connectivity index (χ0) is 16.2. The van der Waals surface area contributed by atoms with Crippen LogP contribution in [0.4, 0.5) is 4.39 Å². The van der Waals surface area contributed by atoms with Crippen LogP contribution in [0.2, 0.25) is 0 Å². The summed E-state index contributed by atoms with van der Waals surface area (Å²) in [6, 6.07) is 12.0. The van der Waals surface area contributed by atoms with Crippen molar-refractivity contribution >= 4 is 22.0 Å². The van der Waals surface area contributed by atoms with Crippen LogP contribution in [0.5, 0.6) is 0 Å². The van der Waals surface area contributed by atoms with Gasteiger partial charge in [0.1, 0.15) is 5.82 Å². The van der Waals surface area contributed by atoms with E-state index in [-0.39, 0.29) is 10.5 Å². The zero-order valence-electron chi connectivity index (χ0n) is 11.8. The molecule has 0 aliphatic heterocycles. The summed E-state index contributed by atoms with van der Waals surface area (Å²) in [5.74, 6) is -1.34. The molecule has 2 aromatic carbocycles. The smallest absolute Gasteiger partial charge is 0.264 e. The number of benzene rings is 2. The van der Waals surface area contributed by atoms with Crippen molar-refractivity contribution in [1.29, 1.82) is 0 Å². The molecule has 0 aromatic heterocycles. The third-order valence-electron chi connectivity index (χ3n) is 2.89. The monoisotopic (exact) mass is 319 g/mol. The van der Waals surface area contributed by atoms with Gasteiger partial charge in [0.05, 0.1) is 4.90 Å². The molecule has 0 saturated carbocycles. The number of carbonyl (C=O) groups excluding carboxylic acids is 1. The lowest BCUT2D eigenvalue weighted by Crippen LogP contribution is -2.28. The van der Waals surface area contributed by atoms with E-state index in [1.807, 2.05) is 11.6 Å². The number of carbonyl (C=O) groups is 1. The number of aryl methyl sites for hydroxylation is 1. The van der Waals surface area contributed by atoms with Gasteiger partial charge in [-0.25, -0.2) is 17.5 Å². The highest BCUT2D eigenvalue weighted by atomic mass is 32.2. The molecule has 2 rings (SSSR count). The normalized spacial score (nSPS) is 11.5. The molecule has 0 bridgehead atoms. The minimum Gasteiger partial charge on any atom is -0.269 e. The van der Waals surface area contributed by atoms with Crippen molar-refractivity contribution in [1.82, 2.24) is 4.72 Å². The average molecular weight is 319 g/mol. The van der Waals surface area contributed by atoms with Gasteiger partial charge in [0, 0.05) is 11.6 Å². The van der Waals surface area contributed by atoms with E-state index < -0.39 is 21.7 Å². The molecule has 114 valence electrons. The summed E-state index contributed by atoms with van der Waals surface area (Å²) in [6.07, 6.45) is 2.19. The van der Waals surface area contributed by atoms with E-state index in [2.05, 4.69) is 0 Å². The number of nitrogens with one attached hydrogen (secondary N) is 1. The van der Waals surface area contributed by atoms with Gasteiger partial charge in [-0.1, -0.05) is 35.9 Å². The SMILES string of the molecule is Cc1ccc(S(=O)(=O)NC(=O)/C=C/c2ccccc2F)cc1. The molecule has 0 fully saturated rings. The quantitative estimate of drug-likeness (QED) is 0.881. The molecular weight excluding hydrogens is 305 g/mol. The fourth-order valence-corrected chi connectivity index (χ4v) is 2.66. The van der Waals surface area contributed by atoms with E-state index in [1.165, 1.54) is 36.4 Å². The van der Waals surface area contributed by atoms with Crippen molar-refractivity contribution < 1.29 is 17.6 Å². The topological polar surface area (TPSA) is 63.2 Å². The van der Waals surface area contributed by atoms with Crippen LogP contribution in [0, 0.1) is 12.7 Å². The fourth-order valence-electron chi connectivity index (χ4n) is 1.72. The van der Waals surface area contributed by atoms with Gasteiger partial charge in [0.25, 0.3) is 15.9 Å². The van der Waals surface area contributed by atoms with Crippen molar-refractivity contribution in [2.45, 2.75) is 11.8 Å². The van der Waals surface area contributed by atoms with E-state index in [4.69, 9.17) is 0 Å². The molecule has 0 unspecified atom stereocenters. The maximum Gasteiger partial charge on any atom is 0.264 e. The first-order valence-corrected chi connectivity index (χ1v) is 7.93. The molecule has 2 aromatic rings. The van der Waals surface area contributed by atoms with Crippen molar-refractivity contribution in [3.05, 3.63) is 71.6 Å². The summed E-state index contributed by atoms with van der Waals surface area (Å²) >= 11 is 0. The molecule has 0 aliphatic carbocycles. The number of hydrogen-bond acceptors (Lipinski definition) is 3. The van der Waals surface area contributed by atoms with Crippen LogP contribution in [-0.2, 0) is 14.8 Å². The number of halogens is 1. The first-order valence-electron chi connectivity index (χ1n) is 6.44. The van der Waals surface area contributed by atoms with Crippen LogP contribution >= 0.6 is 0 Å². The van der Waals surface area contributed by atoms with Gasteiger partial charge in [-0.05, 0) is 31.2 Å². The summed E-state index contributed by atoms with van der Waals surface area (Å²) in [5.41, 5.74) is 1.11. The van der Waals surface area contributed by atoms with E-state index in [0.29, 0.717) is 0 Å².